The maximum Gasteiger partial charge on any atom is 0.258 e. The van der Waals surface area contributed by atoms with Gasteiger partial charge in [0, 0.05) is 5.92 Å². The average Bonchev–Trinajstić information content (AvgIpc) is 3.09. The van der Waals surface area contributed by atoms with Gasteiger partial charge in [-0.2, -0.15) is 5.10 Å². The Kier molecular flexibility index (Phi) is 4.89. The first kappa shape index (κ1) is 17.0. The van der Waals surface area contributed by atoms with Crippen molar-refractivity contribution in [3.05, 3.63) is 77.4 Å². The van der Waals surface area contributed by atoms with Gasteiger partial charge in [-0.3, -0.25) is 4.79 Å². The molecule has 2 aromatic carbocycles. The summed E-state index contributed by atoms with van der Waals surface area (Å²) in [5.41, 5.74) is 4.57. The zero-order chi connectivity index (χ0) is 17.9. The standard InChI is InChI=1S/C22H21ClN2O/c23-15-20(26)25-22(17-10-5-2-6-11-17)19-13-7-12-18(21(19)24-25)14-16-8-3-1-4-9-16/h1-6,8-11,14,19,22H,7,12-13,15H2/b18-14+/t19-,22+/m0/s1. The summed E-state index contributed by atoms with van der Waals surface area (Å²) in [6.45, 7) is 0. The fourth-order valence-electron chi connectivity index (χ4n) is 4.00. The molecule has 2 aliphatic rings. The van der Waals surface area contributed by atoms with E-state index in [2.05, 4.69) is 30.3 Å². The number of hydrogen-bond acceptors (Lipinski definition) is 2. The number of fused-ring (bicyclic) bond motifs is 1. The molecular weight excluding hydrogens is 344 g/mol. The van der Waals surface area contributed by atoms with Gasteiger partial charge >= 0.3 is 0 Å². The zero-order valence-corrected chi connectivity index (χ0v) is 15.3. The molecule has 1 aliphatic heterocycles. The third-order valence-corrected chi connectivity index (χ3v) is 5.38. The number of alkyl halides is 1. The lowest BCUT2D eigenvalue weighted by molar-refractivity contribution is -0.130. The Balaban J connectivity index is 1.74. The third-order valence-electron chi connectivity index (χ3n) is 5.15. The van der Waals surface area contributed by atoms with E-state index in [1.807, 2.05) is 36.4 Å². The lowest BCUT2D eigenvalue weighted by Crippen LogP contribution is -2.32. The maximum atomic E-state index is 12.5. The molecule has 1 aliphatic carbocycles. The van der Waals surface area contributed by atoms with Crippen LogP contribution in [0.2, 0.25) is 0 Å². The van der Waals surface area contributed by atoms with Crippen molar-refractivity contribution < 1.29 is 4.79 Å². The van der Waals surface area contributed by atoms with Crippen molar-refractivity contribution >= 4 is 29.3 Å². The van der Waals surface area contributed by atoms with Crippen molar-refractivity contribution in [1.82, 2.24) is 5.01 Å². The van der Waals surface area contributed by atoms with Crippen LogP contribution in [0.3, 0.4) is 0 Å². The summed E-state index contributed by atoms with van der Waals surface area (Å²) in [5.74, 6) is 0.0413. The Morgan fingerprint density at radius 3 is 2.50 bits per heavy atom. The number of halogens is 1. The van der Waals surface area contributed by atoms with Crippen LogP contribution in [0.4, 0.5) is 0 Å². The minimum absolute atomic E-state index is 0.0510. The van der Waals surface area contributed by atoms with E-state index in [4.69, 9.17) is 16.7 Å². The largest absolute Gasteiger partial charge is 0.272 e. The second-order valence-electron chi connectivity index (χ2n) is 6.79. The molecule has 0 spiro atoms. The molecule has 0 radical (unpaired) electrons. The van der Waals surface area contributed by atoms with Gasteiger partial charge in [-0.25, -0.2) is 5.01 Å². The number of hydrazone groups is 1. The molecule has 1 amide bonds. The predicted octanol–water partition coefficient (Wildman–Crippen LogP) is 5.05. The van der Waals surface area contributed by atoms with Crippen molar-refractivity contribution in [3.63, 3.8) is 0 Å². The van der Waals surface area contributed by atoms with Crippen molar-refractivity contribution in [1.29, 1.82) is 0 Å². The highest BCUT2D eigenvalue weighted by Gasteiger charge is 2.43. The molecule has 1 fully saturated rings. The average molecular weight is 365 g/mol. The van der Waals surface area contributed by atoms with Crippen molar-refractivity contribution in [2.75, 3.05) is 5.88 Å². The van der Waals surface area contributed by atoms with Crippen LogP contribution in [-0.4, -0.2) is 22.5 Å². The Labute approximate surface area is 159 Å². The quantitative estimate of drug-likeness (QED) is 0.701. The fourth-order valence-corrected chi connectivity index (χ4v) is 4.12. The number of allylic oxidation sites excluding steroid dienone is 1. The topological polar surface area (TPSA) is 32.7 Å². The summed E-state index contributed by atoms with van der Waals surface area (Å²) in [6.07, 6.45) is 5.35. The normalized spacial score (nSPS) is 23.7. The van der Waals surface area contributed by atoms with E-state index < -0.39 is 0 Å². The van der Waals surface area contributed by atoms with Crippen molar-refractivity contribution in [2.45, 2.75) is 25.3 Å². The van der Waals surface area contributed by atoms with Crippen LogP contribution in [0.15, 0.2) is 71.3 Å². The van der Waals surface area contributed by atoms with E-state index in [-0.39, 0.29) is 23.7 Å². The van der Waals surface area contributed by atoms with Gasteiger partial charge in [0.2, 0.25) is 0 Å². The first-order valence-electron chi connectivity index (χ1n) is 9.05. The number of carbonyl (C=O) groups is 1. The molecule has 0 bridgehead atoms. The van der Waals surface area contributed by atoms with Crippen LogP contribution in [0.1, 0.15) is 36.4 Å². The van der Waals surface area contributed by atoms with Crippen molar-refractivity contribution in [2.24, 2.45) is 11.0 Å². The number of amides is 1. The van der Waals surface area contributed by atoms with E-state index in [0.717, 1.165) is 30.5 Å². The Hall–Kier alpha value is -2.39. The zero-order valence-electron chi connectivity index (χ0n) is 14.5. The van der Waals surface area contributed by atoms with Crippen LogP contribution >= 0.6 is 11.6 Å². The van der Waals surface area contributed by atoms with Crippen LogP contribution in [0, 0.1) is 5.92 Å². The second kappa shape index (κ2) is 7.46. The van der Waals surface area contributed by atoms with Crippen LogP contribution in [0.25, 0.3) is 6.08 Å². The van der Waals surface area contributed by atoms with Gasteiger partial charge in [0.25, 0.3) is 5.91 Å². The summed E-state index contributed by atoms with van der Waals surface area (Å²) in [4.78, 5) is 12.5. The molecule has 3 nitrogen and oxygen atoms in total. The van der Waals surface area contributed by atoms with Gasteiger partial charge in [-0.15, -0.1) is 11.6 Å². The number of benzene rings is 2. The Morgan fingerprint density at radius 2 is 1.81 bits per heavy atom. The molecule has 0 saturated heterocycles. The van der Waals surface area contributed by atoms with Crippen LogP contribution < -0.4 is 0 Å². The minimum atomic E-state index is -0.138. The SMILES string of the molecule is O=C(CCl)N1N=C2/C(=C/c3ccccc3)CCC[C@@H]2[C@H]1c1ccccc1. The molecule has 2 atom stereocenters. The molecule has 0 aromatic heterocycles. The number of nitrogens with zero attached hydrogens (tertiary/aromatic N) is 2. The Morgan fingerprint density at radius 1 is 1.12 bits per heavy atom. The van der Waals surface area contributed by atoms with Gasteiger partial charge in [0.05, 0.1) is 11.8 Å². The monoisotopic (exact) mass is 364 g/mol. The first-order chi connectivity index (χ1) is 12.8. The molecule has 4 heteroatoms. The highest BCUT2D eigenvalue weighted by molar-refractivity contribution is 6.27. The molecular formula is C22H21ClN2O. The van der Waals surface area contributed by atoms with E-state index in [1.54, 1.807) is 5.01 Å². The summed E-state index contributed by atoms with van der Waals surface area (Å²) >= 11 is 5.87. The van der Waals surface area contributed by atoms with E-state index in [1.165, 1.54) is 11.1 Å². The predicted molar refractivity (Wildman–Crippen MR) is 106 cm³/mol. The molecule has 1 saturated carbocycles. The van der Waals surface area contributed by atoms with Crippen LogP contribution in [0.5, 0.6) is 0 Å². The van der Waals surface area contributed by atoms with E-state index in [9.17, 15) is 4.79 Å². The van der Waals surface area contributed by atoms with Crippen LogP contribution in [-0.2, 0) is 4.79 Å². The Bertz CT molecular complexity index is 845. The maximum absolute atomic E-state index is 12.5. The van der Waals surface area contributed by atoms with Gasteiger partial charge in [0.1, 0.15) is 5.88 Å². The van der Waals surface area contributed by atoms with Gasteiger partial charge in [-0.05, 0) is 42.0 Å². The lowest BCUT2D eigenvalue weighted by Gasteiger charge is -2.29. The molecule has 0 N–H and O–H groups in total. The molecule has 2 aromatic rings. The summed E-state index contributed by atoms with van der Waals surface area (Å²) in [7, 11) is 0. The summed E-state index contributed by atoms with van der Waals surface area (Å²) in [5, 5.41) is 6.38. The first-order valence-corrected chi connectivity index (χ1v) is 9.59. The second-order valence-corrected chi connectivity index (χ2v) is 7.06. The highest BCUT2D eigenvalue weighted by Crippen LogP contribution is 2.44. The molecule has 26 heavy (non-hydrogen) atoms. The number of rotatable bonds is 3. The van der Waals surface area contributed by atoms with E-state index >= 15 is 0 Å². The summed E-state index contributed by atoms with van der Waals surface area (Å²) < 4.78 is 0. The lowest BCUT2D eigenvalue weighted by atomic mass is 9.77. The molecule has 0 unspecified atom stereocenters. The third kappa shape index (κ3) is 3.19. The van der Waals surface area contributed by atoms with Gasteiger partial charge in [0.15, 0.2) is 0 Å². The van der Waals surface area contributed by atoms with Crippen molar-refractivity contribution in [3.8, 4) is 0 Å². The molecule has 4 rings (SSSR count). The smallest absolute Gasteiger partial charge is 0.258 e. The number of hydrogen-bond donors (Lipinski definition) is 0. The molecule has 132 valence electrons. The van der Waals surface area contributed by atoms with Gasteiger partial charge in [-0.1, -0.05) is 60.7 Å². The highest BCUT2D eigenvalue weighted by atomic mass is 35.5. The summed E-state index contributed by atoms with van der Waals surface area (Å²) in [6, 6.07) is 20.4. The van der Waals surface area contributed by atoms with E-state index in [0.29, 0.717) is 0 Å². The molecule has 1 heterocycles. The minimum Gasteiger partial charge on any atom is -0.272 e. The fraction of sp³-hybridized carbons (Fsp3) is 0.273. The van der Waals surface area contributed by atoms with Gasteiger partial charge < -0.3 is 0 Å². The number of carbonyl (C=O) groups excluding carboxylic acids is 1.